The average molecular weight is 325 g/mol. The van der Waals surface area contributed by atoms with Crippen LogP contribution in [0.2, 0.25) is 5.02 Å². The van der Waals surface area contributed by atoms with Gasteiger partial charge in [0.05, 0.1) is 12.2 Å². The molecule has 2 N–H and O–H groups in total. The highest BCUT2D eigenvalue weighted by atomic mass is 35.5. The second-order valence-corrected chi connectivity index (χ2v) is 4.54. The first-order valence-electron chi connectivity index (χ1n) is 5.49. The minimum absolute atomic E-state index is 0. The van der Waals surface area contributed by atoms with Crippen LogP contribution in [-0.4, -0.2) is 41.5 Å². The van der Waals surface area contributed by atoms with Crippen molar-refractivity contribution in [3.63, 3.8) is 0 Å². The van der Waals surface area contributed by atoms with Gasteiger partial charge in [-0.15, -0.1) is 12.4 Å². The van der Waals surface area contributed by atoms with Gasteiger partial charge in [0.1, 0.15) is 11.9 Å². The number of carboxylic acids is 1. The van der Waals surface area contributed by atoms with Crippen molar-refractivity contribution in [3.8, 4) is 0 Å². The summed E-state index contributed by atoms with van der Waals surface area (Å²) in [6.45, 7) is 1.29. The lowest BCUT2D eigenvalue weighted by atomic mass is 10.3. The van der Waals surface area contributed by atoms with Crippen molar-refractivity contribution in [3.05, 3.63) is 29.0 Å². The fourth-order valence-electron chi connectivity index (χ4n) is 1.34. The molecule has 0 bridgehead atoms. The van der Waals surface area contributed by atoms with Gasteiger partial charge in [0.25, 0.3) is 0 Å². The quantitative estimate of drug-likeness (QED) is 0.871. The summed E-state index contributed by atoms with van der Waals surface area (Å²) in [5, 5.41) is 11.4. The van der Waals surface area contributed by atoms with E-state index in [1.54, 1.807) is 0 Å². The topological polar surface area (TPSA) is 69.6 Å². The number of likely N-dealkylation sites (N-methyl/N-ethyl adjacent to an activating group) is 1. The number of nitrogens with zero attached hydrogens (tertiary/aromatic N) is 1. The number of anilines is 1. The lowest BCUT2D eigenvalue weighted by Crippen LogP contribution is -2.40. The molecule has 0 fully saturated rings. The van der Waals surface area contributed by atoms with Crippen molar-refractivity contribution in [1.82, 2.24) is 4.90 Å². The van der Waals surface area contributed by atoms with Crippen molar-refractivity contribution in [2.24, 2.45) is 0 Å². The number of halogens is 3. The summed E-state index contributed by atoms with van der Waals surface area (Å²) in [4.78, 5) is 23.7. The van der Waals surface area contributed by atoms with E-state index in [4.69, 9.17) is 16.7 Å². The van der Waals surface area contributed by atoms with Gasteiger partial charge in [-0.25, -0.2) is 4.39 Å². The van der Waals surface area contributed by atoms with Gasteiger partial charge >= 0.3 is 5.97 Å². The van der Waals surface area contributed by atoms with Crippen LogP contribution in [0, 0.1) is 5.82 Å². The largest absolute Gasteiger partial charge is 0.480 e. The number of aliphatic carboxylic acids is 1. The van der Waals surface area contributed by atoms with Crippen LogP contribution in [0.3, 0.4) is 0 Å². The van der Waals surface area contributed by atoms with Crippen LogP contribution in [0.25, 0.3) is 0 Å². The summed E-state index contributed by atoms with van der Waals surface area (Å²) < 4.78 is 13.4. The van der Waals surface area contributed by atoms with Crippen LogP contribution in [0.1, 0.15) is 6.92 Å². The molecule has 0 spiro atoms. The third kappa shape index (κ3) is 5.32. The number of carboxylic acid groups (broad SMARTS) is 1. The second kappa shape index (κ2) is 8.04. The smallest absolute Gasteiger partial charge is 0.320 e. The van der Waals surface area contributed by atoms with E-state index in [1.807, 2.05) is 0 Å². The van der Waals surface area contributed by atoms with Crippen LogP contribution < -0.4 is 5.32 Å². The minimum Gasteiger partial charge on any atom is -0.480 e. The normalized spacial score (nSPS) is 11.7. The van der Waals surface area contributed by atoms with E-state index < -0.39 is 23.7 Å². The molecular weight excluding hydrogens is 310 g/mol. The van der Waals surface area contributed by atoms with Crippen LogP contribution in [0.4, 0.5) is 10.1 Å². The molecule has 8 heteroatoms. The molecule has 0 saturated carbocycles. The van der Waals surface area contributed by atoms with E-state index in [1.165, 1.54) is 31.0 Å². The fourth-order valence-corrected chi connectivity index (χ4v) is 1.51. The molecule has 112 valence electrons. The Hall–Kier alpha value is -1.37. The van der Waals surface area contributed by atoms with E-state index >= 15 is 0 Å². The molecule has 1 aromatic rings. The van der Waals surface area contributed by atoms with Crippen molar-refractivity contribution >= 4 is 41.6 Å². The van der Waals surface area contributed by atoms with Gasteiger partial charge in [0.15, 0.2) is 0 Å². The van der Waals surface area contributed by atoms with E-state index in [2.05, 4.69) is 5.32 Å². The number of carbonyl (C=O) groups excluding carboxylic acids is 1. The molecule has 0 aliphatic heterocycles. The summed E-state index contributed by atoms with van der Waals surface area (Å²) in [5.41, 5.74) is -0.0334. The number of hydrogen-bond acceptors (Lipinski definition) is 3. The van der Waals surface area contributed by atoms with E-state index in [-0.39, 0.29) is 24.6 Å². The molecule has 1 amide bonds. The molecule has 1 rings (SSSR count). The molecule has 0 aromatic heterocycles. The number of carbonyl (C=O) groups is 2. The Morgan fingerprint density at radius 2 is 2.10 bits per heavy atom. The van der Waals surface area contributed by atoms with Crippen molar-refractivity contribution in [2.75, 3.05) is 18.9 Å². The summed E-state index contributed by atoms with van der Waals surface area (Å²) in [6.07, 6.45) is 0. The fraction of sp³-hybridized carbons (Fsp3) is 0.333. The summed E-state index contributed by atoms with van der Waals surface area (Å²) in [5.74, 6) is -2.16. The average Bonchev–Trinajstić information content (AvgIpc) is 2.32. The Bertz CT molecular complexity index is 500. The molecular formula is C12H15Cl2FN2O3. The monoisotopic (exact) mass is 324 g/mol. The van der Waals surface area contributed by atoms with Gasteiger partial charge in [-0.05, 0) is 32.2 Å². The zero-order valence-corrected chi connectivity index (χ0v) is 12.5. The lowest BCUT2D eigenvalue weighted by molar-refractivity contribution is -0.142. The molecule has 1 atom stereocenters. The number of amides is 1. The second-order valence-electron chi connectivity index (χ2n) is 4.10. The molecule has 0 saturated heterocycles. The van der Waals surface area contributed by atoms with Gasteiger partial charge in [0.2, 0.25) is 5.91 Å². The summed E-state index contributed by atoms with van der Waals surface area (Å²) >= 11 is 5.69. The van der Waals surface area contributed by atoms with Crippen LogP contribution >= 0.6 is 24.0 Å². The van der Waals surface area contributed by atoms with Gasteiger partial charge in [0, 0.05) is 5.02 Å². The maximum Gasteiger partial charge on any atom is 0.320 e. The molecule has 1 unspecified atom stereocenters. The SMILES string of the molecule is CC(C(=O)O)N(C)CC(=O)Nc1cc(Cl)ccc1F.Cl. The molecule has 0 aliphatic rings. The Morgan fingerprint density at radius 1 is 1.50 bits per heavy atom. The molecule has 5 nitrogen and oxygen atoms in total. The molecule has 0 radical (unpaired) electrons. The van der Waals surface area contributed by atoms with E-state index in [9.17, 15) is 14.0 Å². The zero-order valence-electron chi connectivity index (χ0n) is 10.9. The van der Waals surface area contributed by atoms with Crippen molar-refractivity contribution < 1.29 is 19.1 Å². The summed E-state index contributed by atoms with van der Waals surface area (Å²) in [7, 11) is 1.49. The highest BCUT2D eigenvalue weighted by molar-refractivity contribution is 6.30. The number of benzene rings is 1. The van der Waals surface area contributed by atoms with E-state index in [0.717, 1.165) is 6.07 Å². The van der Waals surface area contributed by atoms with Gasteiger partial charge < -0.3 is 10.4 Å². The number of nitrogens with one attached hydrogen (secondary N) is 1. The third-order valence-electron chi connectivity index (χ3n) is 2.61. The first-order valence-corrected chi connectivity index (χ1v) is 5.87. The zero-order chi connectivity index (χ0) is 14.6. The van der Waals surface area contributed by atoms with Crippen molar-refractivity contribution in [2.45, 2.75) is 13.0 Å². The standard InChI is InChI=1S/C12H14ClFN2O3.ClH/c1-7(12(18)19)16(2)6-11(17)15-10-5-8(13)3-4-9(10)14;/h3-5,7H,6H2,1-2H3,(H,15,17)(H,18,19);1H. The molecule has 1 aromatic carbocycles. The Kier molecular flexibility index (Phi) is 7.49. The minimum atomic E-state index is -1.04. The van der Waals surface area contributed by atoms with Crippen LogP contribution in [0.5, 0.6) is 0 Å². The number of rotatable bonds is 5. The van der Waals surface area contributed by atoms with Crippen LogP contribution in [-0.2, 0) is 9.59 Å². The molecule has 20 heavy (non-hydrogen) atoms. The first kappa shape index (κ1) is 18.6. The molecule has 0 aliphatic carbocycles. The van der Waals surface area contributed by atoms with Crippen LogP contribution in [0.15, 0.2) is 18.2 Å². The maximum absolute atomic E-state index is 13.4. The Balaban J connectivity index is 0.00000361. The van der Waals surface area contributed by atoms with Gasteiger partial charge in [-0.3, -0.25) is 14.5 Å². The highest BCUT2D eigenvalue weighted by Gasteiger charge is 2.19. The maximum atomic E-state index is 13.4. The predicted molar refractivity (Wildman–Crippen MR) is 77.0 cm³/mol. The lowest BCUT2D eigenvalue weighted by Gasteiger charge is -2.20. The molecule has 0 heterocycles. The Labute approximate surface area is 127 Å². The predicted octanol–water partition coefficient (Wildman–Crippen LogP) is 2.24. The van der Waals surface area contributed by atoms with Gasteiger partial charge in [-0.1, -0.05) is 11.6 Å². The Morgan fingerprint density at radius 3 is 2.65 bits per heavy atom. The third-order valence-corrected chi connectivity index (χ3v) is 2.85. The summed E-state index contributed by atoms with van der Waals surface area (Å²) in [6, 6.07) is 2.98. The number of hydrogen-bond donors (Lipinski definition) is 2. The highest BCUT2D eigenvalue weighted by Crippen LogP contribution is 2.19. The first-order chi connectivity index (χ1) is 8.81. The van der Waals surface area contributed by atoms with Crippen molar-refractivity contribution in [1.29, 1.82) is 0 Å². The van der Waals surface area contributed by atoms with E-state index in [0.29, 0.717) is 5.02 Å². The van der Waals surface area contributed by atoms with Gasteiger partial charge in [-0.2, -0.15) is 0 Å².